The molecule has 1 aliphatic rings. The first-order valence-corrected chi connectivity index (χ1v) is 6.66. The third kappa shape index (κ3) is 2.81. The van der Waals surface area contributed by atoms with E-state index in [0.717, 1.165) is 0 Å². The van der Waals surface area contributed by atoms with Crippen LogP contribution in [0.4, 0.5) is 0 Å². The molecule has 0 unspecified atom stereocenters. The smallest absolute Gasteiger partial charge is 0.255 e. The summed E-state index contributed by atoms with van der Waals surface area (Å²) in [5.74, 6) is 0.218. The Hall–Kier alpha value is -3.14. The Kier molecular flexibility index (Phi) is 3.58. The van der Waals surface area contributed by atoms with Crippen molar-refractivity contribution in [3.63, 3.8) is 0 Å². The Morgan fingerprint density at radius 3 is 2.91 bits per heavy atom. The van der Waals surface area contributed by atoms with Crippen molar-refractivity contribution in [2.45, 2.75) is 6.10 Å². The predicted molar refractivity (Wildman–Crippen MR) is 76.3 cm³/mol. The van der Waals surface area contributed by atoms with Crippen LogP contribution < -0.4 is 10.3 Å². The van der Waals surface area contributed by atoms with Gasteiger partial charge in [0.1, 0.15) is 6.10 Å². The number of nitrogens with one attached hydrogen (secondary N) is 1. The van der Waals surface area contributed by atoms with Crippen molar-refractivity contribution >= 4 is 5.91 Å². The zero-order valence-corrected chi connectivity index (χ0v) is 11.5. The molecule has 0 spiro atoms. The maximum Gasteiger partial charge on any atom is 0.255 e. The van der Waals surface area contributed by atoms with Gasteiger partial charge in [-0.25, -0.2) is 4.98 Å². The monoisotopic (exact) mass is 296 g/mol. The number of rotatable bonds is 3. The molecule has 110 valence electrons. The summed E-state index contributed by atoms with van der Waals surface area (Å²) in [6.07, 6.45) is 2.76. The Labute approximate surface area is 125 Å². The third-order valence-electron chi connectivity index (χ3n) is 3.32. The van der Waals surface area contributed by atoms with Crippen LogP contribution in [0.25, 0.3) is 0 Å². The number of ether oxygens (including phenoxy) is 1. The summed E-state index contributed by atoms with van der Waals surface area (Å²) in [6, 6.07) is 7.99. The zero-order chi connectivity index (χ0) is 15.5. The van der Waals surface area contributed by atoms with Crippen molar-refractivity contribution in [2.75, 3.05) is 13.1 Å². The van der Waals surface area contributed by atoms with Gasteiger partial charge in [-0.1, -0.05) is 0 Å². The van der Waals surface area contributed by atoms with Crippen LogP contribution in [0, 0.1) is 11.3 Å². The van der Waals surface area contributed by atoms with Crippen molar-refractivity contribution in [3.8, 4) is 11.9 Å². The van der Waals surface area contributed by atoms with Crippen LogP contribution in [0.3, 0.4) is 0 Å². The molecule has 0 aliphatic carbocycles. The lowest BCUT2D eigenvalue weighted by Crippen LogP contribution is -2.56. The summed E-state index contributed by atoms with van der Waals surface area (Å²) in [4.78, 5) is 31.2. The highest BCUT2D eigenvalue weighted by atomic mass is 16.5. The second-order valence-electron chi connectivity index (χ2n) is 4.89. The summed E-state index contributed by atoms with van der Waals surface area (Å²) >= 11 is 0. The molecule has 2 aromatic heterocycles. The lowest BCUT2D eigenvalue weighted by Gasteiger charge is -2.38. The Bertz CT molecular complexity index is 782. The first kappa shape index (κ1) is 13.8. The average molecular weight is 296 g/mol. The summed E-state index contributed by atoms with van der Waals surface area (Å²) in [6.45, 7) is 0.882. The first-order chi connectivity index (χ1) is 10.7. The van der Waals surface area contributed by atoms with Gasteiger partial charge in [0.2, 0.25) is 11.4 Å². The zero-order valence-electron chi connectivity index (χ0n) is 11.5. The molecule has 7 nitrogen and oxygen atoms in total. The molecule has 1 saturated heterocycles. The van der Waals surface area contributed by atoms with E-state index in [4.69, 9.17) is 10.00 Å². The molecule has 22 heavy (non-hydrogen) atoms. The van der Waals surface area contributed by atoms with Crippen LogP contribution in [0.15, 0.2) is 41.5 Å². The molecule has 1 N–H and O–H groups in total. The molecule has 1 aliphatic heterocycles. The van der Waals surface area contributed by atoms with Crippen LogP contribution in [-0.4, -0.2) is 40.0 Å². The van der Waals surface area contributed by atoms with Gasteiger partial charge in [-0.2, -0.15) is 5.26 Å². The van der Waals surface area contributed by atoms with E-state index in [0.29, 0.717) is 30.1 Å². The molecule has 2 aromatic rings. The molecule has 3 rings (SSSR count). The van der Waals surface area contributed by atoms with Gasteiger partial charge in [-0.3, -0.25) is 9.59 Å². The standard InChI is InChI=1S/C15H12N4O3/c16-6-10-3-4-17-14(5-10)22-12-8-19(9-12)15(21)11-1-2-13(20)18-7-11/h1-5,7,12H,8-9H2,(H,18,20). The van der Waals surface area contributed by atoms with Gasteiger partial charge in [0.25, 0.3) is 5.91 Å². The SMILES string of the molecule is N#Cc1ccnc(OC2CN(C(=O)c3ccc(=O)[nH]c3)C2)c1. The van der Waals surface area contributed by atoms with Gasteiger partial charge in [-0.05, 0) is 12.1 Å². The molecule has 0 radical (unpaired) electrons. The molecular formula is C15H12N4O3. The molecule has 7 heteroatoms. The van der Waals surface area contributed by atoms with Crippen molar-refractivity contribution in [1.82, 2.24) is 14.9 Å². The lowest BCUT2D eigenvalue weighted by atomic mass is 10.1. The highest BCUT2D eigenvalue weighted by Gasteiger charge is 2.33. The number of amides is 1. The lowest BCUT2D eigenvalue weighted by molar-refractivity contribution is 0.0159. The molecule has 3 heterocycles. The second-order valence-corrected chi connectivity index (χ2v) is 4.89. The largest absolute Gasteiger partial charge is 0.471 e. The molecular weight excluding hydrogens is 284 g/mol. The van der Waals surface area contributed by atoms with Crippen molar-refractivity contribution < 1.29 is 9.53 Å². The fourth-order valence-corrected chi connectivity index (χ4v) is 2.12. The summed E-state index contributed by atoms with van der Waals surface area (Å²) in [5.41, 5.74) is 0.665. The molecule has 0 saturated carbocycles. The summed E-state index contributed by atoms with van der Waals surface area (Å²) < 4.78 is 5.61. The maximum absolute atomic E-state index is 12.1. The van der Waals surface area contributed by atoms with Crippen molar-refractivity contribution in [2.24, 2.45) is 0 Å². The first-order valence-electron chi connectivity index (χ1n) is 6.66. The normalized spacial score (nSPS) is 14.0. The number of aromatic amines is 1. The van der Waals surface area contributed by atoms with Crippen LogP contribution in [0.2, 0.25) is 0 Å². The number of hydrogen-bond acceptors (Lipinski definition) is 5. The Balaban J connectivity index is 1.57. The Morgan fingerprint density at radius 2 is 2.23 bits per heavy atom. The van der Waals surface area contributed by atoms with Gasteiger partial charge in [-0.15, -0.1) is 0 Å². The van der Waals surface area contributed by atoms with Gasteiger partial charge >= 0.3 is 0 Å². The number of H-pyrrole nitrogens is 1. The third-order valence-corrected chi connectivity index (χ3v) is 3.32. The van der Waals surface area contributed by atoms with Crippen LogP contribution in [0.1, 0.15) is 15.9 Å². The maximum atomic E-state index is 12.1. The fraction of sp³-hybridized carbons (Fsp3) is 0.200. The average Bonchev–Trinajstić information content (AvgIpc) is 2.51. The minimum atomic E-state index is -0.246. The van der Waals surface area contributed by atoms with E-state index in [1.54, 1.807) is 17.0 Å². The molecule has 0 atom stereocenters. The number of aromatic nitrogens is 2. The number of nitriles is 1. The van der Waals surface area contributed by atoms with Crippen LogP contribution >= 0.6 is 0 Å². The van der Waals surface area contributed by atoms with E-state index in [1.165, 1.54) is 24.5 Å². The molecule has 1 fully saturated rings. The van der Waals surface area contributed by atoms with E-state index in [2.05, 4.69) is 9.97 Å². The number of hydrogen-bond donors (Lipinski definition) is 1. The Morgan fingerprint density at radius 1 is 1.41 bits per heavy atom. The van der Waals surface area contributed by atoms with Gasteiger partial charge in [0, 0.05) is 24.5 Å². The number of nitrogens with zero attached hydrogens (tertiary/aromatic N) is 3. The topological polar surface area (TPSA) is 99.1 Å². The van der Waals surface area contributed by atoms with Gasteiger partial charge in [0.05, 0.1) is 30.3 Å². The van der Waals surface area contributed by atoms with Gasteiger partial charge in [0.15, 0.2) is 0 Å². The second kappa shape index (κ2) is 5.69. The fourth-order valence-electron chi connectivity index (χ4n) is 2.12. The molecule has 0 bridgehead atoms. The number of likely N-dealkylation sites (tertiary alicyclic amines) is 1. The van der Waals surface area contributed by atoms with Crippen molar-refractivity contribution in [1.29, 1.82) is 5.26 Å². The highest BCUT2D eigenvalue weighted by molar-refractivity contribution is 5.94. The van der Waals surface area contributed by atoms with Gasteiger partial charge < -0.3 is 14.6 Å². The van der Waals surface area contributed by atoms with Crippen LogP contribution in [0.5, 0.6) is 5.88 Å². The molecule has 0 aromatic carbocycles. The van der Waals surface area contributed by atoms with E-state index >= 15 is 0 Å². The quantitative estimate of drug-likeness (QED) is 0.891. The van der Waals surface area contributed by atoms with E-state index in [9.17, 15) is 9.59 Å². The minimum Gasteiger partial charge on any atom is -0.471 e. The summed E-state index contributed by atoms with van der Waals surface area (Å²) in [7, 11) is 0. The van der Waals surface area contributed by atoms with E-state index in [1.807, 2.05) is 6.07 Å². The summed E-state index contributed by atoms with van der Waals surface area (Å²) in [5, 5.41) is 8.82. The minimum absolute atomic E-state index is 0.145. The number of carbonyl (C=O) groups excluding carboxylic acids is 1. The van der Waals surface area contributed by atoms with E-state index < -0.39 is 0 Å². The predicted octanol–water partition coefficient (Wildman–Crippen LogP) is 0.545. The highest BCUT2D eigenvalue weighted by Crippen LogP contribution is 2.18. The molecule has 1 amide bonds. The van der Waals surface area contributed by atoms with Crippen LogP contribution in [-0.2, 0) is 0 Å². The van der Waals surface area contributed by atoms with E-state index in [-0.39, 0.29) is 17.6 Å². The number of pyridine rings is 2. The van der Waals surface area contributed by atoms with Crippen molar-refractivity contribution in [3.05, 3.63) is 58.1 Å². The number of carbonyl (C=O) groups is 1.